The molecular weight excluding hydrogens is 433 g/mol. The first-order chi connectivity index (χ1) is 14.6. The van der Waals surface area contributed by atoms with Crippen LogP contribution in [0.15, 0.2) is 77.7 Å². The average molecular weight is 450 g/mol. The van der Waals surface area contributed by atoms with E-state index in [1.807, 2.05) is 0 Å². The lowest BCUT2D eigenvalue weighted by molar-refractivity contribution is -0.137. The zero-order chi connectivity index (χ0) is 22.6. The van der Waals surface area contributed by atoms with Gasteiger partial charge in [0.15, 0.2) is 0 Å². The van der Waals surface area contributed by atoms with E-state index in [9.17, 15) is 26.4 Å². The Hall–Kier alpha value is -3.53. The van der Waals surface area contributed by atoms with Gasteiger partial charge in [-0.25, -0.2) is 8.42 Å². The molecule has 0 fully saturated rings. The lowest BCUT2D eigenvalue weighted by Gasteiger charge is -2.12. The fraction of sp³-hybridized carbons (Fsp3) is 0.0952. The minimum absolute atomic E-state index is 0.177. The van der Waals surface area contributed by atoms with Gasteiger partial charge in [-0.3, -0.25) is 9.52 Å². The van der Waals surface area contributed by atoms with Crippen LogP contribution in [-0.2, 0) is 16.2 Å². The third-order valence-electron chi connectivity index (χ3n) is 4.20. The van der Waals surface area contributed by atoms with E-state index >= 15 is 0 Å². The van der Waals surface area contributed by atoms with E-state index in [1.54, 1.807) is 24.3 Å². The molecule has 1 amide bonds. The molecule has 2 N–H and O–H groups in total. The van der Waals surface area contributed by atoms with E-state index in [1.165, 1.54) is 37.4 Å². The number of nitrogens with one attached hydrogen (secondary N) is 2. The standard InChI is InChI=1S/C21H17F3N2O4S/c1-30-18-7-2-4-14(12-18)20(27)25-16-8-10-19(11-9-16)31(28,29)26-17-6-3-5-15(13-17)21(22,23)24/h2-13,26H,1H3,(H,25,27). The molecule has 0 unspecified atom stereocenters. The van der Waals surface area contributed by atoms with Gasteiger partial charge in [-0.05, 0) is 60.7 Å². The van der Waals surface area contributed by atoms with Gasteiger partial charge in [0.05, 0.1) is 17.6 Å². The van der Waals surface area contributed by atoms with E-state index < -0.39 is 27.7 Å². The number of halogens is 3. The summed E-state index contributed by atoms with van der Waals surface area (Å²) in [6.07, 6.45) is -4.59. The Balaban J connectivity index is 1.73. The highest BCUT2D eigenvalue weighted by atomic mass is 32.2. The number of rotatable bonds is 6. The SMILES string of the molecule is COc1cccc(C(=O)Nc2ccc(S(=O)(=O)Nc3cccc(C(F)(F)F)c3)cc2)c1. The fourth-order valence-corrected chi connectivity index (χ4v) is 3.71. The van der Waals surface area contributed by atoms with Crippen molar-refractivity contribution in [3.05, 3.63) is 83.9 Å². The lowest BCUT2D eigenvalue weighted by atomic mass is 10.2. The van der Waals surface area contributed by atoms with Crippen LogP contribution in [0.5, 0.6) is 5.75 Å². The maximum absolute atomic E-state index is 12.8. The number of benzene rings is 3. The molecule has 0 saturated carbocycles. The number of anilines is 2. The Kier molecular flexibility index (Phi) is 6.21. The van der Waals surface area contributed by atoms with Crippen molar-refractivity contribution >= 4 is 27.3 Å². The highest BCUT2D eigenvalue weighted by molar-refractivity contribution is 7.92. The van der Waals surface area contributed by atoms with E-state index in [0.29, 0.717) is 23.1 Å². The number of alkyl halides is 3. The predicted molar refractivity (Wildman–Crippen MR) is 110 cm³/mol. The number of ether oxygens (including phenoxy) is 1. The number of carbonyl (C=O) groups excluding carboxylic acids is 1. The molecule has 162 valence electrons. The van der Waals surface area contributed by atoms with Crippen LogP contribution in [-0.4, -0.2) is 21.4 Å². The molecule has 0 saturated heterocycles. The Bertz CT molecular complexity index is 1190. The molecule has 0 aliphatic rings. The molecule has 0 aliphatic carbocycles. The molecule has 0 radical (unpaired) electrons. The number of methoxy groups -OCH3 is 1. The molecule has 6 nitrogen and oxygen atoms in total. The first kappa shape index (κ1) is 22.2. The summed E-state index contributed by atoms with van der Waals surface area (Å²) in [6, 6.07) is 15.6. The summed E-state index contributed by atoms with van der Waals surface area (Å²) in [5, 5.41) is 2.63. The lowest BCUT2D eigenvalue weighted by Crippen LogP contribution is -2.15. The quantitative estimate of drug-likeness (QED) is 0.567. The van der Waals surface area contributed by atoms with Gasteiger partial charge in [0.25, 0.3) is 15.9 Å². The third-order valence-corrected chi connectivity index (χ3v) is 5.59. The van der Waals surface area contributed by atoms with Crippen LogP contribution in [0.4, 0.5) is 24.5 Å². The minimum Gasteiger partial charge on any atom is -0.497 e. The minimum atomic E-state index is -4.59. The van der Waals surface area contributed by atoms with Gasteiger partial charge in [-0.1, -0.05) is 12.1 Å². The van der Waals surface area contributed by atoms with Crippen molar-refractivity contribution in [2.75, 3.05) is 17.1 Å². The summed E-state index contributed by atoms with van der Waals surface area (Å²) in [5.41, 5.74) is -0.498. The van der Waals surface area contributed by atoms with Crippen molar-refractivity contribution in [1.29, 1.82) is 0 Å². The summed E-state index contributed by atoms with van der Waals surface area (Å²) in [7, 11) is -2.65. The molecule has 31 heavy (non-hydrogen) atoms. The molecule has 3 aromatic carbocycles. The molecule has 3 aromatic rings. The largest absolute Gasteiger partial charge is 0.497 e. The molecule has 0 spiro atoms. The maximum atomic E-state index is 12.8. The van der Waals surface area contributed by atoms with Crippen LogP contribution in [0.25, 0.3) is 0 Å². The average Bonchev–Trinajstić information content (AvgIpc) is 2.73. The van der Waals surface area contributed by atoms with Crippen LogP contribution in [0.1, 0.15) is 15.9 Å². The van der Waals surface area contributed by atoms with Crippen LogP contribution in [0.2, 0.25) is 0 Å². The monoisotopic (exact) mass is 450 g/mol. The van der Waals surface area contributed by atoms with Gasteiger partial charge >= 0.3 is 6.18 Å². The fourth-order valence-electron chi connectivity index (χ4n) is 2.66. The topological polar surface area (TPSA) is 84.5 Å². The van der Waals surface area contributed by atoms with E-state index in [4.69, 9.17) is 4.74 Å². The smallest absolute Gasteiger partial charge is 0.416 e. The molecule has 0 heterocycles. The molecule has 3 rings (SSSR count). The van der Waals surface area contributed by atoms with Gasteiger partial charge in [-0.15, -0.1) is 0 Å². The van der Waals surface area contributed by atoms with Crippen molar-refractivity contribution in [3.8, 4) is 5.75 Å². The van der Waals surface area contributed by atoms with Crippen LogP contribution < -0.4 is 14.8 Å². The van der Waals surface area contributed by atoms with E-state index in [0.717, 1.165) is 12.1 Å². The predicted octanol–water partition coefficient (Wildman–Crippen LogP) is 4.77. The van der Waals surface area contributed by atoms with Gasteiger partial charge in [0.2, 0.25) is 0 Å². The first-order valence-electron chi connectivity index (χ1n) is 8.84. The van der Waals surface area contributed by atoms with Crippen LogP contribution in [0.3, 0.4) is 0 Å². The molecule has 10 heteroatoms. The second-order valence-corrected chi connectivity index (χ2v) is 8.08. The highest BCUT2D eigenvalue weighted by Gasteiger charge is 2.30. The molecule has 0 aliphatic heterocycles. The number of carbonyl (C=O) groups is 1. The molecule has 0 aromatic heterocycles. The Morgan fingerprint density at radius 3 is 2.23 bits per heavy atom. The molecule has 0 bridgehead atoms. The third kappa shape index (κ3) is 5.54. The van der Waals surface area contributed by atoms with Crippen LogP contribution >= 0.6 is 0 Å². The van der Waals surface area contributed by atoms with E-state index in [2.05, 4.69) is 10.0 Å². The summed E-state index contributed by atoms with van der Waals surface area (Å²) < 4.78 is 70.6. The van der Waals surface area contributed by atoms with Gasteiger partial charge in [-0.2, -0.15) is 13.2 Å². The second-order valence-electron chi connectivity index (χ2n) is 6.39. The summed E-state index contributed by atoms with van der Waals surface area (Å²) in [6.45, 7) is 0. The van der Waals surface area contributed by atoms with Crippen molar-refractivity contribution < 1.29 is 31.1 Å². The zero-order valence-corrected chi connectivity index (χ0v) is 16.9. The van der Waals surface area contributed by atoms with Gasteiger partial charge < -0.3 is 10.1 Å². The molecular formula is C21H17F3N2O4S. The number of hydrogen-bond donors (Lipinski definition) is 2. The summed E-state index contributed by atoms with van der Waals surface area (Å²) in [4.78, 5) is 12.2. The Morgan fingerprint density at radius 2 is 1.58 bits per heavy atom. The van der Waals surface area contributed by atoms with Crippen LogP contribution in [0, 0.1) is 0 Å². The second kappa shape index (κ2) is 8.68. The van der Waals surface area contributed by atoms with Crippen molar-refractivity contribution in [2.24, 2.45) is 0 Å². The summed E-state index contributed by atoms with van der Waals surface area (Å²) >= 11 is 0. The van der Waals surface area contributed by atoms with Gasteiger partial charge in [0.1, 0.15) is 5.75 Å². The zero-order valence-electron chi connectivity index (χ0n) is 16.1. The summed E-state index contributed by atoms with van der Waals surface area (Å²) in [5.74, 6) is 0.0892. The number of hydrogen-bond acceptors (Lipinski definition) is 4. The normalized spacial score (nSPS) is 11.6. The maximum Gasteiger partial charge on any atom is 0.416 e. The van der Waals surface area contributed by atoms with Crippen molar-refractivity contribution in [2.45, 2.75) is 11.1 Å². The van der Waals surface area contributed by atoms with Crippen molar-refractivity contribution in [3.63, 3.8) is 0 Å². The Labute approximate surface area is 176 Å². The first-order valence-corrected chi connectivity index (χ1v) is 10.3. The molecule has 0 atom stereocenters. The number of amides is 1. The van der Waals surface area contributed by atoms with Gasteiger partial charge in [0, 0.05) is 16.9 Å². The van der Waals surface area contributed by atoms with E-state index in [-0.39, 0.29) is 10.6 Å². The number of sulfonamides is 1. The highest BCUT2D eigenvalue weighted by Crippen LogP contribution is 2.31. The Morgan fingerprint density at radius 1 is 0.903 bits per heavy atom. The van der Waals surface area contributed by atoms with Crippen molar-refractivity contribution in [1.82, 2.24) is 0 Å².